The molecule has 0 radical (unpaired) electrons. The van der Waals surface area contributed by atoms with Gasteiger partial charge in [-0.05, 0) is 49.9 Å². The number of thioether (sulfide) groups is 1. The van der Waals surface area contributed by atoms with E-state index in [-0.39, 0.29) is 5.78 Å². The Bertz CT molecular complexity index is 410. The molecule has 0 aliphatic carbocycles. The molecule has 0 amide bonds. The maximum Gasteiger partial charge on any atom is 0.173 e. The maximum atomic E-state index is 12.1. The van der Waals surface area contributed by atoms with E-state index in [1.54, 1.807) is 11.8 Å². The van der Waals surface area contributed by atoms with Crippen LogP contribution in [0.25, 0.3) is 0 Å². The van der Waals surface area contributed by atoms with Gasteiger partial charge in [-0.15, -0.1) is 0 Å². The Morgan fingerprint density at radius 2 is 1.76 bits per heavy atom. The van der Waals surface area contributed by atoms with Crippen LogP contribution in [-0.4, -0.2) is 16.8 Å². The molecule has 1 aromatic carbocycles. The third kappa shape index (κ3) is 3.88. The van der Waals surface area contributed by atoms with Gasteiger partial charge < -0.3 is 0 Å². The van der Waals surface area contributed by atoms with E-state index in [2.05, 4.69) is 33.8 Å². The van der Waals surface area contributed by atoms with Gasteiger partial charge in [0, 0.05) is 10.8 Å². The molecular formula is C15H22OS. The van der Waals surface area contributed by atoms with Crippen molar-refractivity contribution in [2.24, 2.45) is 0 Å². The van der Waals surface area contributed by atoms with E-state index < -0.39 is 0 Å². The van der Waals surface area contributed by atoms with Gasteiger partial charge in [-0.2, -0.15) is 11.8 Å². The quantitative estimate of drug-likeness (QED) is 0.724. The van der Waals surface area contributed by atoms with E-state index in [0.717, 1.165) is 17.5 Å². The van der Waals surface area contributed by atoms with E-state index in [0.29, 0.717) is 11.0 Å². The first-order chi connectivity index (χ1) is 7.95. The SMILES string of the molecule is CCC(C)SCC(=O)c1cc(C)c(C)cc1C. The van der Waals surface area contributed by atoms with Gasteiger partial charge in [0.25, 0.3) is 0 Å². The van der Waals surface area contributed by atoms with E-state index in [1.165, 1.54) is 11.1 Å². The second kappa shape index (κ2) is 6.25. The van der Waals surface area contributed by atoms with Crippen molar-refractivity contribution in [1.82, 2.24) is 0 Å². The average Bonchev–Trinajstić information content (AvgIpc) is 2.30. The number of ketones is 1. The van der Waals surface area contributed by atoms with Crippen molar-refractivity contribution in [3.05, 3.63) is 34.4 Å². The normalized spacial score (nSPS) is 12.5. The Balaban J connectivity index is 2.79. The molecule has 0 heterocycles. The lowest BCUT2D eigenvalue weighted by molar-refractivity contribution is 0.102. The zero-order valence-corrected chi connectivity index (χ0v) is 12.3. The van der Waals surface area contributed by atoms with Crippen molar-refractivity contribution in [3.8, 4) is 0 Å². The Morgan fingerprint density at radius 1 is 1.18 bits per heavy atom. The van der Waals surface area contributed by atoms with Gasteiger partial charge in [0.1, 0.15) is 0 Å². The lowest BCUT2D eigenvalue weighted by Gasteiger charge is -2.11. The monoisotopic (exact) mass is 250 g/mol. The fourth-order valence-electron chi connectivity index (χ4n) is 1.67. The van der Waals surface area contributed by atoms with Crippen LogP contribution in [0.2, 0.25) is 0 Å². The smallest absolute Gasteiger partial charge is 0.173 e. The predicted molar refractivity (Wildman–Crippen MR) is 77.2 cm³/mol. The molecule has 0 aromatic heterocycles. The fraction of sp³-hybridized carbons (Fsp3) is 0.533. The van der Waals surface area contributed by atoms with E-state index in [1.807, 2.05) is 13.0 Å². The minimum absolute atomic E-state index is 0.260. The molecule has 1 rings (SSSR count). The molecule has 0 fully saturated rings. The topological polar surface area (TPSA) is 17.1 Å². The lowest BCUT2D eigenvalue weighted by Crippen LogP contribution is -2.08. The zero-order valence-electron chi connectivity index (χ0n) is 11.5. The standard InChI is InChI=1S/C15H22OS/c1-6-13(5)17-9-15(16)14-8-11(3)10(2)7-12(14)4/h7-8,13H,6,9H2,1-5H3. The summed E-state index contributed by atoms with van der Waals surface area (Å²) in [7, 11) is 0. The summed E-state index contributed by atoms with van der Waals surface area (Å²) in [6.07, 6.45) is 1.11. The first kappa shape index (κ1) is 14.3. The number of carbonyl (C=O) groups excluding carboxylic acids is 1. The summed E-state index contributed by atoms with van der Waals surface area (Å²) >= 11 is 1.75. The second-order valence-electron chi connectivity index (χ2n) is 4.70. The summed E-state index contributed by atoms with van der Waals surface area (Å²) in [4.78, 5) is 12.1. The first-order valence-corrected chi connectivity index (χ1v) is 7.23. The fourth-order valence-corrected chi connectivity index (χ4v) is 2.50. The minimum Gasteiger partial charge on any atom is -0.293 e. The molecule has 2 heteroatoms. The predicted octanol–water partition coefficient (Wildman–Crippen LogP) is 4.33. The van der Waals surface area contributed by atoms with Crippen LogP contribution < -0.4 is 0 Å². The molecule has 0 spiro atoms. The van der Waals surface area contributed by atoms with Crippen molar-refractivity contribution in [3.63, 3.8) is 0 Å². The third-order valence-corrected chi connectivity index (χ3v) is 4.55. The van der Waals surface area contributed by atoms with Crippen LogP contribution >= 0.6 is 11.8 Å². The Labute approximate surface area is 109 Å². The molecule has 0 aliphatic heterocycles. The van der Waals surface area contributed by atoms with Gasteiger partial charge in [0.15, 0.2) is 5.78 Å². The second-order valence-corrected chi connectivity index (χ2v) is 6.13. The summed E-state index contributed by atoms with van der Waals surface area (Å²) in [5.74, 6) is 0.856. The maximum absolute atomic E-state index is 12.1. The summed E-state index contributed by atoms with van der Waals surface area (Å²) < 4.78 is 0. The highest BCUT2D eigenvalue weighted by Crippen LogP contribution is 2.20. The van der Waals surface area contributed by atoms with Crippen LogP contribution in [0.5, 0.6) is 0 Å². The summed E-state index contributed by atoms with van der Waals surface area (Å²) in [5, 5.41) is 0.561. The summed E-state index contributed by atoms with van der Waals surface area (Å²) in [6.45, 7) is 10.5. The van der Waals surface area contributed by atoms with Crippen molar-refractivity contribution >= 4 is 17.5 Å². The number of hydrogen-bond donors (Lipinski definition) is 0. The molecule has 1 nitrogen and oxygen atoms in total. The number of aryl methyl sites for hydroxylation is 3. The molecule has 1 atom stereocenters. The molecule has 0 N–H and O–H groups in total. The number of Topliss-reactive ketones (excluding diaryl/α,β-unsaturated/α-hetero) is 1. The number of carbonyl (C=O) groups is 1. The summed E-state index contributed by atoms with van der Waals surface area (Å²) in [5.41, 5.74) is 4.45. The average molecular weight is 250 g/mol. The van der Waals surface area contributed by atoms with Gasteiger partial charge in [-0.25, -0.2) is 0 Å². The zero-order chi connectivity index (χ0) is 13.0. The highest BCUT2D eigenvalue weighted by molar-refractivity contribution is 8.00. The summed E-state index contributed by atoms with van der Waals surface area (Å²) in [6, 6.07) is 4.14. The van der Waals surface area contributed by atoms with Gasteiger partial charge in [-0.1, -0.05) is 19.9 Å². The Kier molecular flexibility index (Phi) is 5.26. The number of benzene rings is 1. The molecule has 0 saturated carbocycles. The molecule has 1 unspecified atom stereocenters. The molecule has 0 saturated heterocycles. The van der Waals surface area contributed by atoms with Gasteiger partial charge in [-0.3, -0.25) is 4.79 Å². The van der Waals surface area contributed by atoms with Crippen molar-refractivity contribution in [2.75, 3.05) is 5.75 Å². The van der Waals surface area contributed by atoms with Crippen molar-refractivity contribution < 1.29 is 4.79 Å². The molecular weight excluding hydrogens is 228 g/mol. The van der Waals surface area contributed by atoms with E-state index in [9.17, 15) is 4.79 Å². The van der Waals surface area contributed by atoms with Crippen molar-refractivity contribution in [1.29, 1.82) is 0 Å². The first-order valence-electron chi connectivity index (χ1n) is 6.18. The van der Waals surface area contributed by atoms with Crippen LogP contribution in [-0.2, 0) is 0 Å². The Morgan fingerprint density at radius 3 is 2.35 bits per heavy atom. The van der Waals surface area contributed by atoms with Crippen LogP contribution in [0.4, 0.5) is 0 Å². The van der Waals surface area contributed by atoms with Crippen LogP contribution in [0.3, 0.4) is 0 Å². The molecule has 17 heavy (non-hydrogen) atoms. The van der Waals surface area contributed by atoms with Crippen LogP contribution in [0.1, 0.15) is 47.3 Å². The third-order valence-electron chi connectivity index (χ3n) is 3.21. The minimum atomic E-state index is 0.260. The largest absolute Gasteiger partial charge is 0.293 e. The van der Waals surface area contributed by atoms with E-state index in [4.69, 9.17) is 0 Å². The lowest BCUT2D eigenvalue weighted by atomic mass is 9.99. The highest BCUT2D eigenvalue weighted by Gasteiger charge is 2.12. The molecule has 0 bridgehead atoms. The van der Waals surface area contributed by atoms with Gasteiger partial charge in [0.05, 0.1) is 5.75 Å². The van der Waals surface area contributed by atoms with E-state index >= 15 is 0 Å². The highest BCUT2D eigenvalue weighted by atomic mass is 32.2. The van der Waals surface area contributed by atoms with Crippen molar-refractivity contribution in [2.45, 2.75) is 46.3 Å². The molecule has 94 valence electrons. The van der Waals surface area contributed by atoms with Gasteiger partial charge >= 0.3 is 0 Å². The van der Waals surface area contributed by atoms with Crippen LogP contribution in [0, 0.1) is 20.8 Å². The van der Waals surface area contributed by atoms with Gasteiger partial charge in [0.2, 0.25) is 0 Å². The van der Waals surface area contributed by atoms with Crippen LogP contribution in [0.15, 0.2) is 12.1 Å². The number of hydrogen-bond acceptors (Lipinski definition) is 2. The molecule has 1 aromatic rings. The number of rotatable bonds is 5. The molecule has 0 aliphatic rings. The Hall–Kier alpha value is -0.760.